The topological polar surface area (TPSA) is 29.1 Å². The molecule has 3 heteroatoms. The van der Waals surface area contributed by atoms with Crippen molar-refractivity contribution in [1.29, 1.82) is 0 Å². The second kappa shape index (κ2) is 6.25. The number of nitrogens with one attached hydrogen (secondary N) is 1. The van der Waals surface area contributed by atoms with Crippen LogP contribution in [0.5, 0.6) is 0 Å². The van der Waals surface area contributed by atoms with Crippen molar-refractivity contribution < 1.29 is 4.79 Å². The molecule has 4 rings (SSSR count). The molecule has 2 aromatic carbocycles. The van der Waals surface area contributed by atoms with Gasteiger partial charge >= 0.3 is 0 Å². The van der Waals surface area contributed by atoms with Crippen LogP contribution in [0.15, 0.2) is 53.9 Å². The summed E-state index contributed by atoms with van der Waals surface area (Å²) in [6.45, 7) is 2.07. The molecular weight excluding hydrogens is 314 g/mol. The summed E-state index contributed by atoms with van der Waals surface area (Å²) in [5.74, 6) is -0.0291. The lowest BCUT2D eigenvalue weighted by Crippen LogP contribution is -2.11. The molecule has 1 heterocycles. The Balaban J connectivity index is 1.59. The number of hydrogen-bond donors (Lipinski definition) is 1. The fraction of sp³-hybridized carbons (Fsp3) is 0.190. The molecule has 24 heavy (non-hydrogen) atoms. The minimum absolute atomic E-state index is 0.0291. The van der Waals surface area contributed by atoms with Crippen LogP contribution in [0.4, 0.5) is 5.69 Å². The number of amides is 1. The lowest BCUT2D eigenvalue weighted by Gasteiger charge is -2.08. The molecule has 1 aliphatic rings. The predicted molar refractivity (Wildman–Crippen MR) is 101 cm³/mol. The Morgan fingerprint density at radius 2 is 1.79 bits per heavy atom. The van der Waals surface area contributed by atoms with Crippen LogP contribution in [0.2, 0.25) is 0 Å². The molecule has 120 valence electrons. The Hall–Kier alpha value is -2.39. The summed E-state index contributed by atoms with van der Waals surface area (Å²) in [6, 6.07) is 16.6. The van der Waals surface area contributed by atoms with Gasteiger partial charge < -0.3 is 5.32 Å². The molecule has 0 unspecified atom stereocenters. The van der Waals surface area contributed by atoms with Gasteiger partial charge in [-0.25, -0.2) is 0 Å². The van der Waals surface area contributed by atoms with Crippen molar-refractivity contribution in [3.8, 4) is 11.1 Å². The van der Waals surface area contributed by atoms with Crippen LogP contribution in [-0.2, 0) is 12.8 Å². The van der Waals surface area contributed by atoms with Crippen molar-refractivity contribution in [3.05, 3.63) is 75.5 Å². The molecule has 0 spiro atoms. The van der Waals surface area contributed by atoms with Gasteiger partial charge in [0.1, 0.15) is 0 Å². The van der Waals surface area contributed by atoms with Gasteiger partial charge in [0.2, 0.25) is 0 Å². The van der Waals surface area contributed by atoms with Crippen molar-refractivity contribution in [2.24, 2.45) is 0 Å². The number of hydrogen-bond acceptors (Lipinski definition) is 2. The summed E-state index contributed by atoms with van der Waals surface area (Å²) >= 11 is 1.49. The van der Waals surface area contributed by atoms with Gasteiger partial charge in [-0.05, 0) is 66.5 Å². The number of thiophene rings is 1. The summed E-state index contributed by atoms with van der Waals surface area (Å²) in [5.41, 5.74) is 6.99. The number of carbonyl (C=O) groups excluding carboxylic acids is 1. The number of aryl methyl sites for hydroxylation is 3. The third-order valence-corrected chi connectivity index (χ3v) is 5.50. The second-order valence-electron chi connectivity index (χ2n) is 6.32. The van der Waals surface area contributed by atoms with Gasteiger partial charge in [-0.2, -0.15) is 0 Å². The zero-order valence-corrected chi connectivity index (χ0v) is 14.5. The first kappa shape index (κ1) is 15.2. The molecule has 3 aromatic rings. The summed E-state index contributed by atoms with van der Waals surface area (Å²) < 4.78 is 0. The quantitative estimate of drug-likeness (QED) is 0.677. The highest BCUT2D eigenvalue weighted by atomic mass is 32.1. The smallest absolute Gasteiger partial charge is 0.266 e. The van der Waals surface area contributed by atoms with Crippen LogP contribution < -0.4 is 5.32 Å². The van der Waals surface area contributed by atoms with Crippen molar-refractivity contribution in [1.82, 2.24) is 0 Å². The van der Waals surface area contributed by atoms with Gasteiger partial charge in [-0.15, -0.1) is 11.3 Å². The highest BCUT2D eigenvalue weighted by Gasteiger charge is 2.16. The normalized spacial score (nSPS) is 12.9. The predicted octanol–water partition coefficient (Wildman–Crippen LogP) is 5.46. The molecule has 0 saturated heterocycles. The molecular formula is C21H19NOS. The minimum atomic E-state index is -0.0291. The zero-order chi connectivity index (χ0) is 16.5. The Morgan fingerprint density at radius 1 is 1.00 bits per heavy atom. The molecule has 1 N–H and O–H groups in total. The van der Waals surface area contributed by atoms with Gasteiger partial charge in [-0.3, -0.25) is 4.79 Å². The first-order valence-corrected chi connectivity index (χ1v) is 9.16. The van der Waals surface area contributed by atoms with Crippen LogP contribution in [0, 0.1) is 6.92 Å². The van der Waals surface area contributed by atoms with Crippen molar-refractivity contribution in [2.45, 2.75) is 26.2 Å². The van der Waals surface area contributed by atoms with E-state index in [1.807, 2.05) is 17.5 Å². The van der Waals surface area contributed by atoms with E-state index in [4.69, 9.17) is 0 Å². The van der Waals surface area contributed by atoms with Gasteiger partial charge in [-0.1, -0.05) is 35.9 Å². The van der Waals surface area contributed by atoms with Crippen LogP contribution in [0.3, 0.4) is 0 Å². The molecule has 0 radical (unpaired) electrons. The number of fused-ring (bicyclic) bond motifs is 1. The Labute approximate surface area is 146 Å². The number of benzene rings is 2. The Kier molecular flexibility index (Phi) is 3.95. The standard InChI is InChI=1S/C21H19NOS/c1-14-5-7-16(8-6-14)19-11-12-24-20(19)21(23)22-18-10-9-15-3-2-4-17(15)13-18/h5-13H,2-4H2,1H3,(H,22,23). The maximum absolute atomic E-state index is 12.7. The van der Waals surface area contributed by atoms with E-state index in [0.717, 1.165) is 34.5 Å². The third-order valence-electron chi connectivity index (χ3n) is 4.59. The van der Waals surface area contributed by atoms with Gasteiger partial charge in [0.15, 0.2) is 0 Å². The van der Waals surface area contributed by atoms with Crippen LogP contribution in [0.25, 0.3) is 11.1 Å². The molecule has 0 aliphatic heterocycles. The molecule has 0 bridgehead atoms. The summed E-state index contributed by atoms with van der Waals surface area (Å²) in [5, 5.41) is 5.05. The first-order valence-electron chi connectivity index (χ1n) is 8.28. The van der Waals surface area contributed by atoms with E-state index in [-0.39, 0.29) is 5.91 Å². The molecule has 0 fully saturated rings. The fourth-order valence-corrected chi connectivity index (χ4v) is 4.09. The maximum Gasteiger partial charge on any atom is 0.266 e. The van der Waals surface area contributed by atoms with E-state index in [1.54, 1.807) is 0 Å². The molecule has 1 amide bonds. The van der Waals surface area contributed by atoms with E-state index in [9.17, 15) is 4.79 Å². The molecule has 2 nitrogen and oxygen atoms in total. The monoisotopic (exact) mass is 333 g/mol. The van der Waals surface area contributed by atoms with Crippen molar-refractivity contribution in [2.75, 3.05) is 5.32 Å². The van der Waals surface area contributed by atoms with E-state index in [1.165, 1.54) is 34.4 Å². The lowest BCUT2D eigenvalue weighted by atomic mass is 10.0. The maximum atomic E-state index is 12.7. The minimum Gasteiger partial charge on any atom is -0.321 e. The van der Waals surface area contributed by atoms with E-state index in [2.05, 4.69) is 48.6 Å². The molecule has 1 aliphatic carbocycles. The average Bonchev–Trinajstić information content (AvgIpc) is 3.24. The average molecular weight is 333 g/mol. The SMILES string of the molecule is Cc1ccc(-c2ccsc2C(=O)Nc2ccc3c(c2)CCC3)cc1. The van der Waals surface area contributed by atoms with Crippen LogP contribution in [0.1, 0.15) is 32.8 Å². The molecule has 0 atom stereocenters. The molecule has 1 aromatic heterocycles. The highest BCUT2D eigenvalue weighted by molar-refractivity contribution is 7.12. The molecule has 0 saturated carbocycles. The lowest BCUT2D eigenvalue weighted by molar-refractivity contribution is 0.103. The summed E-state index contributed by atoms with van der Waals surface area (Å²) in [4.78, 5) is 13.5. The highest BCUT2D eigenvalue weighted by Crippen LogP contribution is 2.30. The van der Waals surface area contributed by atoms with Crippen molar-refractivity contribution >= 4 is 22.9 Å². The largest absolute Gasteiger partial charge is 0.321 e. The van der Waals surface area contributed by atoms with Gasteiger partial charge in [0, 0.05) is 11.3 Å². The van der Waals surface area contributed by atoms with Crippen LogP contribution >= 0.6 is 11.3 Å². The second-order valence-corrected chi connectivity index (χ2v) is 7.24. The van der Waals surface area contributed by atoms with E-state index < -0.39 is 0 Å². The summed E-state index contributed by atoms with van der Waals surface area (Å²) in [7, 11) is 0. The van der Waals surface area contributed by atoms with E-state index in [0.29, 0.717) is 0 Å². The summed E-state index contributed by atoms with van der Waals surface area (Å²) in [6.07, 6.45) is 3.49. The van der Waals surface area contributed by atoms with Gasteiger partial charge in [0.25, 0.3) is 5.91 Å². The third kappa shape index (κ3) is 2.87. The van der Waals surface area contributed by atoms with Crippen molar-refractivity contribution in [3.63, 3.8) is 0 Å². The fourth-order valence-electron chi connectivity index (χ4n) is 3.28. The first-order chi connectivity index (χ1) is 11.7. The number of anilines is 1. The van der Waals surface area contributed by atoms with Gasteiger partial charge in [0.05, 0.1) is 4.88 Å². The Bertz CT molecular complexity index is 892. The van der Waals surface area contributed by atoms with E-state index >= 15 is 0 Å². The zero-order valence-electron chi connectivity index (χ0n) is 13.6. The Morgan fingerprint density at radius 3 is 2.62 bits per heavy atom. The van der Waals surface area contributed by atoms with Crippen LogP contribution in [-0.4, -0.2) is 5.91 Å². The number of carbonyl (C=O) groups is 1. The number of rotatable bonds is 3.